The summed E-state index contributed by atoms with van der Waals surface area (Å²) >= 11 is 16.6. The minimum Gasteiger partial charge on any atom is -0.497 e. The number of nitrogens with zero attached hydrogens (tertiary/aromatic N) is 2. The quantitative estimate of drug-likeness (QED) is 0.0608. The smallest absolute Gasteiger partial charge is 0.321 e. The first kappa shape index (κ1) is 61.0. The number of carbonyl (C=O) groups is 5. The number of carboxylic acid groups (broad SMARTS) is 4. The summed E-state index contributed by atoms with van der Waals surface area (Å²) < 4.78 is 13.6. The number of hydrogen-bond donors (Lipinski definition) is 9. The van der Waals surface area contributed by atoms with Crippen molar-refractivity contribution >= 4 is 128 Å². The summed E-state index contributed by atoms with van der Waals surface area (Å²) in [5, 5.41) is 40.4. The molecule has 1 saturated carbocycles. The van der Waals surface area contributed by atoms with Gasteiger partial charge in [0, 0.05) is 103 Å². The van der Waals surface area contributed by atoms with Crippen LogP contribution in [-0.2, 0) is 43.2 Å². The van der Waals surface area contributed by atoms with Crippen molar-refractivity contribution in [3.8, 4) is 11.5 Å². The topological polar surface area (TPSA) is 277 Å². The van der Waals surface area contributed by atoms with Crippen molar-refractivity contribution in [2.75, 3.05) is 14.2 Å². The number of halogens is 3. The largest absolute Gasteiger partial charge is 0.497 e. The fraction of sp³-hybridized carbons (Fsp3) is 0.300. The number of aromatic nitrogens is 3. The fourth-order valence-corrected chi connectivity index (χ4v) is 12.6. The Labute approximate surface area is 503 Å². The molecule has 0 radical (unpaired) electrons. The first-order chi connectivity index (χ1) is 39.2. The highest BCUT2D eigenvalue weighted by Crippen LogP contribution is 2.46. The van der Waals surface area contributed by atoms with E-state index < -0.39 is 36.0 Å². The van der Waals surface area contributed by atoms with Gasteiger partial charge in [-0.05, 0) is 132 Å². The standard InChI is InChI=1S/C26H26BrN3O2S.C19H17BrN2O3.C11H11BrN2O2.2C2H4O2/c1-32-18-10-7-15(8-11-18)24-23-20(19-13-16(27)9-12-21(19)28-23)14-22-25(31)29(26(33)30(22)24)17-5-3-2-4-6-17;1-25-12-5-2-10(3-6-12)17-18-14(9-16(22-17)19(23)24)13-8-11(20)4-7-15(13)21-18;12-7-1-2-10-8(4-7)6(5-14-10)3-9(13)11(15)16;2*1-2(3)4/h7-13,17,22,24,28H,2-6,14H2,1H3;2-8,16-17,21-22H,9H2,1H3,(H,23,24);1-2,4-5,9,14H,3,13H2,(H,15,16);2*1H3,(H,3,4). The normalized spacial score (nSPS) is 18.4. The lowest BCUT2D eigenvalue weighted by atomic mass is 9.88. The van der Waals surface area contributed by atoms with Gasteiger partial charge in [0.05, 0.1) is 26.3 Å². The number of aromatic amines is 3. The maximum absolute atomic E-state index is 13.8. The maximum atomic E-state index is 13.8. The van der Waals surface area contributed by atoms with Gasteiger partial charge in [-0.15, -0.1) is 0 Å². The molecule has 82 heavy (non-hydrogen) atoms. The minimum atomic E-state index is -0.982. The van der Waals surface area contributed by atoms with Crippen molar-refractivity contribution in [1.29, 1.82) is 0 Å². The van der Waals surface area contributed by atoms with E-state index in [1.807, 2.05) is 83.8 Å². The summed E-state index contributed by atoms with van der Waals surface area (Å²) in [7, 11) is 3.30. The molecule has 18 nitrogen and oxygen atoms in total. The third-order valence-corrected chi connectivity index (χ3v) is 16.6. The third-order valence-electron chi connectivity index (χ3n) is 14.7. The summed E-state index contributed by atoms with van der Waals surface area (Å²) in [4.78, 5) is 68.6. The van der Waals surface area contributed by atoms with Gasteiger partial charge in [0.25, 0.3) is 17.8 Å². The Morgan fingerprint density at radius 2 is 1.17 bits per heavy atom. The molecule has 5 atom stereocenters. The molecular formula is C60H62Br3N7O11S. The number of nitrogens with two attached hydrogens (primary N) is 1. The molecule has 4 aliphatic rings. The summed E-state index contributed by atoms with van der Waals surface area (Å²) in [6.07, 6.45) is 8.92. The van der Waals surface area contributed by atoms with Crippen LogP contribution in [0.1, 0.15) is 97.2 Å². The number of H-pyrrole nitrogens is 3. The van der Waals surface area contributed by atoms with Crippen LogP contribution in [0.5, 0.6) is 11.5 Å². The lowest BCUT2D eigenvalue weighted by Gasteiger charge is -2.38. The van der Waals surface area contributed by atoms with Crippen molar-refractivity contribution in [1.82, 2.24) is 30.1 Å². The van der Waals surface area contributed by atoms with Crippen molar-refractivity contribution < 1.29 is 53.9 Å². The highest BCUT2D eigenvalue weighted by molar-refractivity contribution is 9.11. The molecule has 0 spiro atoms. The van der Waals surface area contributed by atoms with E-state index in [2.05, 4.69) is 97.2 Å². The predicted octanol–water partition coefficient (Wildman–Crippen LogP) is 11.4. The summed E-state index contributed by atoms with van der Waals surface area (Å²) in [5.41, 5.74) is 16.1. The Hall–Kier alpha value is -7.08. The van der Waals surface area contributed by atoms with Gasteiger partial charge in [-0.25, -0.2) is 0 Å². The average molecular weight is 1330 g/mol. The zero-order valence-electron chi connectivity index (χ0n) is 45.2. The number of methoxy groups -OCH3 is 2. The molecule has 12 rings (SSSR count). The second-order valence-electron chi connectivity index (χ2n) is 20.2. The van der Waals surface area contributed by atoms with E-state index in [0.717, 1.165) is 113 Å². The van der Waals surface area contributed by atoms with Gasteiger partial charge in [0.1, 0.15) is 29.6 Å². The number of fused-ring (bicyclic) bond motifs is 8. The molecule has 1 aliphatic carbocycles. The van der Waals surface area contributed by atoms with E-state index >= 15 is 0 Å². The Morgan fingerprint density at radius 3 is 1.68 bits per heavy atom. The molecular weight excluding hydrogens is 1270 g/mol. The lowest BCUT2D eigenvalue weighted by Crippen LogP contribution is -2.44. The highest BCUT2D eigenvalue weighted by atomic mass is 79.9. The SMILES string of the molecule is CC(=O)O.CC(=O)O.COc1ccc(C2NC(C(=O)O)Cc3c2[nH]c2ccc(Br)cc32)cc1.COc1ccc(C2c3[nH]c4ccc(Br)cc4c3CC3C(=O)N(C4CCCCC4)C(=S)N32)cc1.NC(Cc1c[nH]c2ccc(Br)cc12)C(=O)O. The second-order valence-corrected chi connectivity index (χ2v) is 23.3. The van der Waals surface area contributed by atoms with Crippen LogP contribution in [0.25, 0.3) is 32.7 Å². The number of carboxylic acids is 4. The molecule has 1 saturated heterocycles. The monoisotopic (exact) mass is 1330 g/mol. The zero-order valence-corrected chi connectivity index (χ0v) is 50.7. The second kappa shape index (κ2) is 26.9. The van der Waals surface area contributed by atoms with E-state index in [1.54, 1.807) is 20.4 Å². The van der Waals surface area contributed by atoms with Gasteiger partial charge < -0.3 is 55.5 Å². The van der Waals surface area contributed by atoms with Crippen LogP contribution in [0, 0.1) is 0 Å². The van der Waals surface area contributed by atoms with E-state index in [0.29, 0.717) is 24.4 Å². The molecule has 22 heteroatoms. The summed E-state index contributed by atoms with van der Waals surface area (Å²) in [6, 6.07) is 32.1. The number of hydrogen-bond acceptors (Lipinski definition) is 10. The minimum absolute atomic E-state index is 0.138. The number of nitrogens with one attached hydrogen (secondary N) is 4. The van der Waals surface area contributed by atoms with Crippen LogP contribution in [-0.4, -0.2) is 118 Å². The fourth-order valence-electron chi connectivity index (χ4n) is 11.0. The van der Waals surface area contributed by atoms with Gasteiger partial charge in [-0.2, -0.15) is 0 Å². The van der Waals surface area contributed by atoms with Gasteiger partial charge in [-0.1, -0.05) is 91.3 Å². The molecule has 5 unspecified atom stereocenters. The number of amides is 1. The molecule has 6 heterocycles. The Bertz CT molecular complexity index is 3640. The van der Waals surface area contributed by atoms with Crippen LogP contribution in [0.3, 0.4) is 0 Å². The Balaban J connectivity index is 0.000000158. The number of benzene rings is 5. The van der Waals surface area contributed by atoms with Gasteiger partial charge >= 0.3 is 11.9 Å². The van der Waals surface area contributed by atoms with Crippen LogP contribution < -0.4 is 20.5 Å². The molecule has 430 valence electrons. The highest BCUT2D eigenvalue weighted by Gasteiger charge is 2.52. The molecule has 2 fully saturated rings. The van der Waals surface area contributed by atoms with Crippen LogP contribution in [0.2, 0.25) is 0 Å². The van der Waals surface area contributed by atoms with Crippen LogP contribution >= 0.6 is 60.0 Å². The Kier molecular flexibility index (Phi) is 20.0. The molecule has 3 aliphatic heterocycles. The summed E-state index contributed by atoms with van der Waals surface area (Å²) in [5.74, 6) is -1.73. The lowest BCUT2D eigenvalue weighted by molar-refractivity contribution is -0.140. The third kappa shape index (κ3) is 13.9. The molecule has 3 aromatic heterocycles. The molecule has 8 aromatic rings. The molecule has 10 N–H and O–H groups in total. The first-order valence-electron chi connectivity index (χ1n) is 26.3. The zero-order chi connectivity index (χ0) is 59.1. The predicted molar refractivity (Wildman–Crippen MR) is 328 cm³/mol. The first-order valence-corrected chi connectivity index (χ1v) is 29.1. The number of ether oxygens (including phenoxy) is 2. The molecule has 0 bridgehead atoms. The van der Waals surface area contributed by atoms with Gasteiger partial charge in [0.2, 0.25) is 0 Å². The molecule has 5 aromatic carbocycles. The molecule has 1 amide bonds. The van der Waals surface area contributed by atoms with E-state index in [-0.39, 0.29) is 30.1 Å². The van der Waals surface area contributed by atoms with Crippen molar-refractivity contribution in [2.45, 2.75) is 101 Å². The number of carbonyl (C=O) groups excluding carboxylic acids is 1. The van der Waals surface area contributed by atoms with E-state index in [4.69, 9.17) is 52.3 Å². The van der Waals surface area contributed by atoms with Crippen molar-refractivity contribution in [2.24, 2.45) is 5.73 Å². The average Bonchev–Trinajstić information content (AvgIpc) is 2.09. The van der Waals surface area contributed by atoms with Crippen molar-refractivity contribution in [3.05, 3.63) is 162 Å². The number of rotatable bonds is 9. The van der Waals surface area contributed by atoms with E-state index in [9.17, 15) is 19.5 Å². The number of aliphatic carboxylic acids is 4. The van der Waals surface area contributed by atoms with Gasteiger partial charge in [-0.3, -0.25) is 34.2 Å². The van der Waals surface area contributed by atoms with Crippen LogP contribution in [0.15, 0.2) is 123 Å². The van der Waals surface area contributed by atoms with Crippen molar-refractivity contribution in [3.63, 3.8) is 0 Å². The maximum Gasteiger partial charge on any atom is 0.321 e. The van der Waals surface area contributed by atoms with Crippen LogP contribution in [0.4, 0.5) is 0 Å². The van der Waals surface area contributed by atoms with Gasteiger partial charge in [0.15, 0.2) is 5.11 Å². The van der Waals surface area contributed by atoms with E-state index in [1.165, 1.54) is 30.2 Å². The summed E-state index contributed by atoms with van der Waals surface area (Å²) in [6.45, 7) is 2.17. The number of thiocarbonyl (C=S) groups is 1. The Morgan fingerprint density at radius 1 is 0.683 bits per heavy atom.